The van der Waals surface area contributed by atoms with Crippen LogP contribution < -0.4 is 9.44 Å². The molecule has 0 saturated heterocycles. The lowest BCUT2D eigenvalue weighted by Crippen LogP contribution is -2.14. The summed E-state index contributed by atoms with van der Waals surface area (Å²) in [6.07, 6.45) is 0. The van der Waals surface area contributed by atoms with Crippen LogP contribution in [-0.4, -0.2) is 16.8 Å². The second-order valence-electron chi connectivity index (χ2n) is 5.41. The lowest BCUT2D eigenvalue weighted by molar-refractivity contribution is 0.600. The highest BCUT2D eigenvalue weighted by atomic mass is 32.2. The average molecular weight is 388 g/mol. The minimum Gasteiger partial charge on any atom is -0.280 e. The molecular weight excluding hydrogens is 372 g/mol. The third-order valence-electron chi connectivity index (χ3n) is 3.50. The Morgan fingerprint density at radius 2 is 0.846 bits per heavy atom. The average Bonchev–Trinajstić information content (AvgIpc) is 2.63. The summed E-state index contributed by atoms with van der Waals surface area (Å²) in [5.41, 5.74) is 0.717. The maximum atomic E-state index is 12.4. The second-order valence-corrected chi connectivity index (χ2v) is 8.78. The van der Waals surface area contributed by atoms with Crippen molar-refractivity contribution in [3.8, 4) is 0 Å². The van der Waals surface area contributed by atoms with E-state index in [-0.39, 0.29) is 15.5 Å². The predicted octanol–water partition coefficient (Wildman–Crippen LogP) is 3.29. The van der Waals surface area contributed by atoms with Gasteiger partial charge in [0, 0.05) is 11.4 Å². The van der Waals surface area contributed by atoms with Crippen LogP contribution in [0.2, 0.25) is 0 Å². The van der Waals surface area contributed by atoms with Gasteiger partial charge in [-0.2, -0.15) is 0 Å². The van der Waals surface area contributed by atoms with Crippen LogP contribution >= 0.6 is 0 Å². The van der Waals surface area contributed by atoms with E-state index in [1.807, 2.05) is 0 Å². The van der Waals surface area contributed by atoms with Gasteiger partial charge in [-0.1, -0.05) is 36.4 Å². The summed E-state index contributed by atoms with van der Waals surface area (Å²) >= 11 is 0. The number of sulfonamides is 2. The molecule has 8 heteroatoms. The summed E-state index contributed by atoms with van der Waals surface area (Å²) in [6.45, 7) is 0. The van der Waals surface area contributed by atoms with Crippen LogP contribution in [0, 0.1) is 0 Å². The molecule has 134 valence electrons. The van der Waals surface area contributed by atoms with Crippen LogP contribution in [0.15, 0.2) is 94.7 Å². The van der Waals surface area contributed by atoms with E-state index in [1.54, 1.807) is 48.5 Å². The molecule has 0 fully saturated rings. The quantitative estimate of drug-likeness (QED) is 0.678. The van der Waals surface area contributed by atoms with Crippen LogP contribution in [0.4, 0.5) is 11.4 Å². The zero-order chi connectivity index (χ0) is 18.6. The monoisotopic (exact) mass is 388 g/mol. The molecule has 0 heterocycles. The molecule has 0 bridgehead atoms. The van der Waals surface area contributed by atoms with E-state index < -0.39 is 20.0 Å². The van der Waals surface area contributed by atoms with Crippen molar-refractivity contribution < 1.29 is 16.8 Å². The fourth-order valence-corrected chi connectivity index (χ4v) is 4.37. The number of nitrogens with one attached hydrogen (secondary N) is 2. The number of hydrogen-bond acceptors (Lipinski definition) is 4. The van der Waals surface area contributed by atoms with Gasteiger partial charge in [-0.25, -0.2) is 16.8 Å². The normalized spacial score (nSPS) is 11.7. The molecule has 0 atom stereocenters. The first-order valence-corrected chi connectivity index (χ1v) is 10.6. The van der Waals surface area contributed by atoms with Crippen molar-refractivity contribution in [2.75, 3.05) is 9.44 Å². The Kier molecular flexibility index (Phi) is 4.97. The van der Waals surface area contributed by atoms with Crippen molar-refractivity contribution in [1.82, 2.24) is 0 Å². The van der Waals surface area contributed by atoms with E-state index in [4.69, 9.17) is 0 Å². The first-order chi connectivity index (χ1) is 12.4. The summed E-state index contributed by atoms with van der Waals surface area (Å²) in [6, 6.07) is 21.9. The lowest BCUT2D eigenvalue weighted by atomic mass is 10.3. The maximum Gasteiger partial charge on any atom is 0.261 e. The van der Waals surface area contributed by atoms with Crippen LogP contribution in [0.3, 0.4) is 0 Å². The lowest BCUT2D eigenvalue weighted by Gasteiger charge is -2.10. The molecule has 0 spiro atoms. The van der Waals surface area contributed by atoms with Crippen molar-refractivity contribution in [2.45, 2.75) is 9.79 Å². The SMILES string of the molecule is O=S(=O)(Nc1ccc(S(=O)(=O)Nc2ccccc2)cc1)c1ccccc1. The van der Waals surface area contributed by atoms with Crippen molar-refractivity contribution >= 4 is 31.4 Å². The highest BCUT2D eigenvalue weighted by Gasteiger charge is 2.16. The van der Waals surface area contributed by atoms with E-state index >= 15 is 0 Å². The van der Waals surface area contributed by atoms with Gasteiger partial charge in [0.2, 0.25) is 0 Å². The highest BCUT2D eigenvalue weighted by molar-refractivity contribution is 7.93. The van der Waals surface area contributed by atoms with Crippen LogP contribution in [0.25, 0.3) is 0 Å². The molecule has 0 aliphatic carbocycles. The Bertz CT molecular complexity index is 1080. The summed E-state index contributed by atoms with van der Waals surface area (Å²) in [5, 5.41) is 0. The zero-order valence-electron chi connectivity index (χ0n) is 13.5. The fourth-order valence-electron chi connectivity index (χ4n) is 2.24. The summed E-state index contributed by atoms with van der Waals surface area (Å²) in [7, 11) is -7.48. The molecule has 0 aromatic heterocycles. The topological polar surface area (TPSA) is 92.3 Å². The molecule has 0 unspecified atom stereocenters. The van der Waals surface area contributed by atoms with Gasteiger partial charge in [-0.3, -0.25) is 9.44 Å². The number of para-hydroxylation sites is 1. The fraction of sp³-hybridized carbons (Fsp3) is 0. The van der Waals surface area contributed by atoms with Crippen molar-refractivity contribution in [3.05, 3.63) is 84.9 Å². The standard InChI is InChI=1S/C18H16N2O4S2/c21-25(22,17-9-5-2-6-10-17)20-16-11-13-18(14-12-16)26(23,24)19-15-7-3-1-4-8-15/h1-14,19-20H. The highest BCUT2D eigenvalue weighted by Crippen LogP contribution is 2.20. The number of rotatable bonds is 6. The minimum absolute atomic E-state index is 0.0315. The summed E-state index contributed by atoms with van der Waals surface area (Å²) in [4.78, 5) is 0.159. The number of hydrogen-bond donors (Lipinski definition) is 2. The van der Waals surface area contributed by atoms with Crippen molar-refractivity contribution in [3.63, 3.8) is 0 Å². The van der Waals surface area contributed by atoms with Gasteiger partial charge in [-0.15, -0.1) is 0 Å². The molecule has 0 aliphatic heterocycles. The third kappa shape index (κ3) is 4.22. The first-order valence-electron chi connectivity index (χ1n) is 7.63. The van der Waals surface area contributed by atoms with Crippen LogP contribution in [0.1, 0.15) is 0 Å². The van der Waals surface area contributed by atoms with Gasteiger partial charge < -0.3 is 0 Å². The van der Waals surface area contributed by atoms with Gasteiger partial charge in [0.15, 0.2) is 0 Å². The van der Waals surface area contributed by atoms with E-state index in [9.17, 15) is 16.8 Å². The molecule has 26 heavy (non-hydrogen) atoms. The maximum absolute atomic E-state index is 12.4. The molecule has 0 aliphatic rings. The van der Waals surface area contributed by atoms with Gasteiger partial charge in [-0.05, 0) is 48.5 Å². The molecule has 3 aromatic carbocycles. The van der Waals surface area contributed by atoms with Gasteiger partial charge in [0.1, 0.15) is 0 Å². The minimum atomic E-state index is -3.75. The Labute approximate surface area is 152 Å². The Morgan fingerprint density at radius 1 is 0.462 bits per heavy atom. The van der Waals surface area contributed by atoms with E-state index in [2.05, 4.69) is 9.44 Å². The van der Waals surface area contributed by atoms with E-state index in [0.717, 1.165) is 0 Å². The first kappa shape index (κ1) is 18.0. The Hall–Kier alpha value is -2.84. The largest absolute Gasteiger partial charge is 0.280 e. The number of anilines is 2. The molecule has 3 rings (SSSR count). The molecular formula is C18H16N2O4S2. The van der Waals surface area contributed by atoms with Gasteiger partial charge >= 0.3 is 0 Å². The van der Waals surface area contributed by atoms with Crippen LogP contribution in [-0.2, 0) is 20.0 Å². The Balaban J connectivity index is 1.78. The molecule has 0 saturated carbocycles. The number of benzene rings is 3. The van der Waals surface area contributed by atoms with Crippen molar-refractivity contribution in [1.29, 1.82) is 0 Å². The zero-order valence-corrected chi connectivity index (χ0v) is 15.2. The van der Waals surface area contributed by atoms with E-state index in [1.165, 1.54) is 36.4 Å². The molecule has 0 amide bonds. The van der Waals surface area contributed by atoms with Gasteiger partial charge in [0.25, 0.3) is 20.0 Å². The van der Waals surface area contributed by atoms with Gasteiger partial charge in [0.05, 0.1) is 9.79 Å². The smallest absolute Gasteiger partial charge is 0.261 e. The second kappa shape index (κ2) is 7.19. The molecule has 0 radical (unpaired) electrons. The summed E-state index contributed by atoms with van der Waals surface area (Å²) < 4.78 is 54.2. The molecule has 2 N–H and O–H groups in total. The third-order valence-corrected chi connectivity index (χ3v) is 6.29. The van der Waals surface area contributed by atoms with Crippen molar-refractivity contribution in [2.24, 2.45) is 0 Å². The van der Waals surface area contributed by atoms with E-state index in [0.29, 0.717) is 5.69 Å². The van der Waals surface area contributed by atoms with Crippen LogP contribution in [0.5, 0.6) is 0 Å². The molecule has 3 aromatic rings. The predicted molar refractivity (Wildman–Crippen MR) is 101 cm³/mol. The Morgan fingerprint density at radius 3 is 1.35 bits per heavy atom. The molecule has 6 nitrogen and oxygen atoms in total. The summed E-state index contributed by atoms with van der Waals surface area (Å²) in [5.74, 6) is 0.